The molecule has 0 aliphatic carbocycles. The van der Waals surface area contributed by atoms with Gasteiger partial charge in [0, 0.05) is 12.8 Å². The van der Waals surface area contributed by atoms with Crippen LogP contribution in [-0.2, 0) is 6.54 Å². The van der Waals surface area contributed by atoms with Crippen molar-refractivity contribution in [1.29, 1.82) is 0 Å². The summed E-state index contributed by atoms with van der Waals surface area (Å²) in [5.74, 6) is -0.379. The molecule has 3 N–H and O–H groups in total. The molecule has 7 heteroatoms. The first-order valence-electron chi connectivity index (χ1n) is 6.68. The molecule has 0 aliphatic heterocycles. The number of nitrogens with two attached hydrogens (primary N) is 1. The number of halogens is 4. The molecule has 122 valence electrons. The van der Waals surface area contributed by atoms with Crippen molar-refractivity contribution in [2.24, 2.45) is 10.7 Å². The predicted molar refractivity (Wildman–Crippen MR) is 79.0 cm³/mol. The van der Waals surface area contributed by atoms with Crippen molar-refractivity contribution in [3.05, 3.63) is 65.0 Å². The number of aliphatic imine (C=N–C) groups is 1. The van der Waals surface area contributed by atoms with Gasteiger partial charge in [0.2, 0.25) is 0 Å². The summed E-state index contributed by atoms with van der Waals surface area (Å²) in [6.07, 6.45) is -5.86. The number of hydrogen-bond acceptors (Lipinski definition) is 3. The van der Waals surface area contributed by atoms with Gasteiger partial charge in [-0.15, -0.1) is 0 Å². The quantitative estimate of drug-likeness (QED) is 0.666. The zero-order valence-corrected chi connectivity index (χ0v) is 11.9. The molecule has 2 rings (SSSR count). The molecular formula is C16H14F4N2O. The van der Waals surface area contributed by atoms with Crippen LogP contribution in [0.15, 0.2) is 47.5 Å². The Morgan fingerprint density at radius 3 is 2.35 bits per heavy atom. The highest BCUT2D eigenvalue weighted by molar-refractivity contribution is 5.82. The van der Waals surface area contributed by atoms with Crippen molar-refractivity contribution in [3.8, 4) is 0 Å². The van der Waals surface area contributed by atoms with Gasteiger partial charge in [-0.2, -0.15) is 13.2 Å². The van der Waals surface area contributed by atoms with Crippen LogP contribution in [0.25, 0.3) is 0 Å². The second-order valence-corrected chi connectivity index (χ2v) is 4.85. The molecule has 23 heavy (non-hydrogen) atoms. The lowest BCUT2D eigenvalue weighted by Crippen LogP contribution is -2.20. The van der Waals surface area contributed by atoms with Crippen LogP contribution in [0, 0.1) is 5.82 Å². The van der Waals surface area contributed by atoms with Crippen LogP contribution in [-0.4, -0.2) is 17.5 Å². The summed E-state index contributed by atoms with van der Waals surface area (Å²) < 4.78 is 50.4. The van der Waals surface area contributed by atoms with Crippen molar-refractivity contribution in [2.45, 2.75) is 18.8 Å². The maximum atomic E-state index is 12.8. The van der Waals surface area contributed by atoms with Crippen molar-refractivity contribution in [2.75, 3.05) is 0 Å². The van der Waals surface area contributed by atoms with E-state index in [1.807, 2.05) is 0 Å². The lowest BCUT2D eigenvalue weighted by molar-refractivity contribution is -0.206. The average Bonchev–Trinajstić information content (AvgIpc) is 2.52. The predicted octanol–water partition coefficient (Wildman–Crippen LogP) is 3.63. The second-order valence-electron chi connectivity index (χ2n) is 4.85. The van der Waals surface area contributed by atoms with E-state index in [4.69, 9.17) is 5.73 Å². The second kappa shape index (κ2) is 6.89. The van der Waals surface area contributed by atoms with Gasteiger partial charge in [-0.25, -0.2) is 4.39 Å². The highest BCUT2D eigenvalue weighted by atomic mass is 19.4. The van der Waals surface area contributed by atoms with Gasteiger partial charge in [-0.1, -0.05) is 18.2 Å². The monoisotopic (exact) mass is 326 g/mol. The van der Waals surface area contributed by atoms with E-state index in [1.165, 1.54) is 42.6 Å². The van der Waals surface area contributed by atoms with E-state index in [9.17, 15) is 22.7 Å². The highest BCUT2D eigenvalue weighted by Crippen LogP contribution is 2.34. The standard InChI is InChI=1S/C16H14F4N2O/c17-13-4-1-10(2-5-13)9-22-14-6-3-11(7-12(14)8-21)15(23)16(18,19)20/h1-7,9,15,23H,8,21H2. The molecule has 1 atom stereocenters. The Balaban J connectivity index is 2.28. The maximum absolute atomic E-state index is 12.8. The van der Waals surface area contributed by atoms with Gasteiger partial charge in [0.25, 0.3) is 0 Å². The van der Waals surface area contributed by atoms with Crippen LogP contribution in [0.3, 0.4) is 0 Å². The molecule has 0 spiro atoms. The minimum Gasteiger partial charge on any atom is -0.379 e. The molecule has 2 aromatic rings. The van der Waals surface area contributed by atoms with Gasteiger partial charge in [-0.05, 0) is 41.0 Å². The summed E-state index contributed by atoms with van der Waals surface area (Å²) >= 11 is 0. The fraction of sp³-hybridized carbons (Fsp3) is 0.188. The van der Waals surface area contributed by atoms with Crippen molar-refractivity contribution in [3.63, 3.8) is 0 Å². The van der Waals surface area contributed by atoms with E-state index in [0.717, 1.165) is 6.07 Å². The lowest BCUT2D eigenvalue weighted by atomic mass is 10.0. The van der Waals surface area contributed by atoms with E-state index in [0.29, 0.717) is 16.8 Å². The zero-order chi connectivity index (χ0) is 17.0. The van der Waals surface area contributed by atoms with Crippen molar-refractivity contribution >= 4 is 11.9 Å². The molecule has 0 amide bonds. The molecule has 3 nitrogen and oxygen atoms in total. The molecule has 1 unspecified atom stereocenters. The molecular weight excluding hydrogens is 312 g/mol. The Hall–Kier alpha value is -2.25. The van der Waals surface area contributed by atoms with Crippen molar-refractivity contribution in [1.82, 2.24) is 0 Å². The smallest absolute Gasteiger partial charge is 0.379 e. The molecule has 0 fully saturated rings. The molecule has 0 aromatic heterocycles. The van der Waals surface area contributed by atoms with Crippen LogP contribution in [0.4, 0.5) is 23.2 Å². The molecule has 0 radical (unpaired) electrons. The fourth-order valence-corrected chi connectivity index (χ4v) is 1.95. The van der Waals surface area contributed by atoms with E-state index in [2.05, 4.69) is 4.99 Å². The van der Waals surface area contributed by atoms with Gasteiger partial charge in [0.15, 0.2) is 6.10 Å². The normalized spacial score (nSPS) is 13.5. The number of nitrogens with zero attached hydrogens (tertiary/aromatic N) is 1. The summed E-state index contributed by atoms with van der Waals surface area (Å²) in [5.41, 5.74) is 6.62. The van der Waals surface area contributed by atoms with Crippen LogP contribution < -0.4 is 5.73 Å². The number of aliphatic hydroxyl groups excluding tert-OH is 1. The van der Waals surface area contributed by atoms with Crippen LogP contribution in [0.1, 0.15) is 22.8 Å². The number of aliphatic hydroxyl groups is 1. The Labute approximate surface area is 130 Å². The topological polar surface area (TPSA) is 58.6 Å². The van der Waals surface area contributed by atoms with Gasteiger partial charge in [0.05, 0.1) is 5.69 Å². The van der Waals surface area contributed by atoms with Gasteiger partial charge in [0.1, 0.15) is 5.82 Å². The Kier molecular flexibility index (Phi) is 5.12. The Morgan fingerprint density at radius 1 is 1.13 bits per heavy atom. The third kappa shape index (κ3) is 4.37. The first kappa shape index (κ1) is 17.1. The summed E-state index contributed by atoms with van der Waals surface area (Å²) in [7, 11) is 0. The summed E-state index contributed by atoms with van der Waals surface area (Å²) in [5, 5.41) is 9.26. The summed E-state index contributed by atoms with van der Waals surface area (Å²) in [6, 6.07) is 9.25. The molecule has 2 aromatic carbocycles. The zero-order valence-electron chi connectivity index (χ0n) is 11.9. The first-order valence-corrected chi connectivity index (χ1v) is 6.68. The first-order chi connectivity index (χ1) is 10.8. The number of benzene rings is 2. The van der Waals surface area contributed by atoms with Crippen molar-refractivity contribution < 1.29 is 22.7 Å². The Morgan fingerprint density at radius 2 is 1.78 bits per heavy atom. The lowest BCUT2D eigenvalue weighted by Gasteiger charge is -2.16. The molecule has 0 saturated carbocycles. The largest absolute Gasteiger partial charge is 0.418 e. The third-order valence-electron chi connectivity index (χ3n) is 3.17. The molecule has 0 bridgehead atoms. The fourth-order valence-electron chi connectivity index (χ4n) is 1.95. The maximum Gasteiger partial charge on any atom is 0.418 e. The van der Waals surface area contributed by atoms with Gasteiger partial charge in [-0.3, -0.25) is 4.99 Å². The highest BCUT2D eigenvalue weighted by Gasteiger charge is 2.39. The van der Waals surface area contributed by atoms with E-state index >= 15 is 0 Å². The van der Waals surface area contributed by atoms with E-state index in [-0.39, 0.29) is 17.9 Å². The SMILES string of the molecule is NCc1cc(C(O)C(F)(F)F)ccc1N=Cc1ccc(F)cc1. The Bertz CT molecular complexity index is 696. The summed E-state index contributed by atoms with van der Waals surface area (Å²) in [4.78, 5) is 4.15. The van der Waals surface area contributed by atoms with Crippen LogP contribution >= 0.6 is 0 Å². The van der Waals surface area contributed by atoms with E-state index < -0.39 is 12.3 Å². The number of rotatable bonds is 4. The third-order valence-corrected chi connectivity index (χ3v) is 3.17. The molecule has 0 saturated heterocycles. The summed E-state index contributed by atoms with van der Waals surface area (Å²) in [6.45, 7) is -0.0332. The van der Waals surface area contributed by atoms with Gasteiger partial charge >= 0.3 is 6.18 Å². The number of alkyl halides is 3. The van der Waals surface area contributed by atoms with Gasteiger partial charge < -0.3 is 10.8 Å². The minimum absolute atomic E-state index is 0.0332. The number of hydrogen-bond donors (Lipinski definition) is 2. The average molecular weight is 326 g/mol. The van der Waals surface area contributed by atoms with E-state index in [1.54, 1.807) is 0 Å². The molecule has 0 aliphatic rings. The molecule has 0 heterocycles. The van der Waals surface area contributed by atoms with Crippen LogP contribution in [0.5, 0.6) is 0 Å². The van der Waals surface area contributed by atoms with Crippen LogP contribution in [0.2, 0.25) is 0 Å². The minimum atomic E-state index is -4.75.